The van der Waals surface area contributed by atoms with Crippen molar-refractivity contribution in [1.29, 1.82) is 0 Å². The largest absolute Gasteiger partial charge is 0.489 e. The van der Waals surface area contributed by atoms with Gasteiger partial charge >= 0.3 is 0 Å². The summed E-state index contributed by atoms with van der Waals surface area (Å²) in [4.78, 5) is 0. The molecule has 0 amide bonds. The van der Waals surface area contributed by atoms with E-state index in [9.17, 15) is 4.39 Å². The fraction of sp³-hybridized carbons (Fsp3) is 0.294. The van der Waals surface area contributed by atoms with Crippen LogP contribution in [0.4, 0.5) is 4.39 Å². The van der Waals surface area contributed by atoms with Crippen molar-refractivity contribution in [3.05, 3.63) is 59.4 Å². The predicted molar refractivity (Wildman–Crippen MR) is 84.9 cm³/mol. The molecule has 0 spiro atoms. The van der Waals surface area contributed by atoms with Gasteiger partial charge in [-0.15, -0.1) is 0 Å². The monoisotopic (exact) mass is 288 g/mol. The molecule has 2 aromatic carbocycles. The molecule has 0 saturated carbocycles. The zero-order valence-electron chi connectivity index (χ0n) is 12.5. The Morgan fingerprint density at radius 2 is 1.65 bits per heavy atom. The Balaban J connectivity index is 2.02. The number of rotatable bonds is 4. The summed E-state index contributed by atoms with van der Waals surface area (Å²) < 4.78 is 18.9. The van der Waals surface area contributed by atoms with Crippen LogP contribution < -0.4 is 9.92 Å². The molecule has 0 radical (unpaired) electrons. The number of hydrogen-bond acceptors (Lipinski definition) is 1. The SMILES string of the molecule is Cc1cc(OCc2ccc([Si](C)(C)C)cc2)ccc1F. The summed E-state index contributed by atoms with van der Waals surface area (Å²) in [7, 11) is -1.24. The Kier molecular flexibility index (Phi) is 4.28. The minimum absolute atomic E-state index is 0.197. The van der Waals surface area contributed by atoms with Gasteiger partial charge in [0.2, 0.25) is 0 Å². The number of benzene rings is 2. The highest BCUT2D eigenvalue weighted by Gasteiger charge is 2.15. The van der Waals surface area contributed by atoms with Crippen LogP contribution in [-0.2, 0) is 6.61 Å². The second kappa shape index (κ2) is 5.79. The highest BCUT2D eigenvalue weighted by molar-refractivity contribution is 6.88. The lowest BCUT2D eigenvalue weighted by atomic mass is 10.2. The van der Waals surface area contributed by atoms with Crippen LogP contribution in [0.3, 0.4) is 0 Å². The smallest absolute Gasteiger partial charge is 0.126 e. The Morgan fingerprint density at radius 3 is 2.20 bits per heavy atom. The van der Waals surface area contributed by atoms with Gasteiger partial charge in [0.1, 0.15) is 18.2 Å². The summed E-state index contributed by atoms with van der Waals surface area (Å²) in [5.41, 5.74) is 1.74. The average Bonchev–Trinajstić information content (AvgIpc) is 2.40. The lowest BCUT2D eigenvalue weighted by molar-refractivity contribution is 0.305. The van der Waals surface area contributed by atoms with Crippen molar-refractivity contribution < 1.29 is 9.13 Å². The first kappa shape index (κ1) is 14.8. The summed E-state index contributed by atoms with van der Waals surface area (Å²) in [5, 5.41) is 1.44. The van der Waals surface area contributed by atoms with Gasteiger partial charge in [0.25, 0.3) is 0 Å². The van der Waals surface area contributed by atoms with Crippen LogP contribution in [0.5, 0.6) is 5.75 Å². The third-order valence-electron chi connectivity index (χ3n) is 3.35. The highest BCUT2D eigenvalue weighted by atomic mass is 28.3. The second-order valence-electron chi connectivity index (χ2n) is 6.15. The average molecular weight is 288 g/mol. The summed E-state index contributed by atoms with van der Waals surface area (Å²) in [6.45, 7) is 9.25. The van der Waals surface area contributed by atoms with E-state index in [2.05, 4.69) is 43.9 Å². The number of aryl methyl sites for hydroxylation is 1. The van der Waals surface area contributed by atoms with Crippen molar-refractivity contribution >= 4 is 13.3 Å². The molecule has 0 aliphatic heterocycles. The van der Waals surface area contributed by atoms with Crippen LogP contribution in [0.2, 0.25) is 19.6 Å². The standard InChI is InChI=1S/C17H21FOSi/c1-13-11-15(7-10-17(13)18)19-12-14-5-8-16(9-6-14)20(2,3)4/h5-11H,12H2,1-4H3. The quantitative estimate of drug-likeness (QED) is 0.764. The molecule has 0 N–H and O–H groups in total. The fourth-order valence-corrected chi connectivity index (χ4v) is 3.14. The van der Waals surface area contributed by atoms with Gasteiger partial charge in [-0.3, -0.25) is 0 Å². The Bertz CT molecular complexity index is 585. The lowest BCUT2D eigenvalue weighted by Crippen LogP contribution is -2.37. The zero-order chi connectivity index (χ0) is 14.8. The molecule has 2 rings (SSSR count). The summed E-state index contributed by atoms with van der Waals surface area (Å²) in [5.74, 6) is 0.509. The zero-order valence-corrected chi connectivity index (χ0v) is 13.5. The molecule has 0 aliphatic carbocycles. The van der Waals surface area contributed by atoms with E-state index in [1.807, 2.05) is 0 Å². The number of hydrogen-bond donors (Lipinski definition) is 0. The van der Waals surface area contributed by atoms with E-state index in [-0.39, 0.29) is 5.82 Å². The van der Waals surface area contributed by atoms with E-state index in [0.29, 0.717) is 17.9 Å². The van der Waals surface area contributed by atoms with Crippen molar-refractivity contribution in [3.63, 3.8) is 0 Å². The summed E-state index contributed by atoms with van der Waals surface area (Å²) in [6, 6.07) is 13.5. The van der Waals surface area contributed by atoms with E-state index in [4.69, 9.17) is 4.74 Å². The maximum absolute atomic E-state index is 13.2. The van der Waals surface area contributed by atoms with Gasteiger partial charge in [-0.1, -0.05) is 49.1 Å². The Labute approximate surface area is 121 Å². The van der Waals surface area contributed by atoms with Crippen molar-refractivity contribution in [1.82, 2.24) is 0 Å². The topological polar surface area (TPSA) is 9.23 Å². The third kappa shape index (κ3) is 3.70. The molecule has 0 atom stereocenters. The molecule has 0 aromatic heterocycles. The number of ether oxygens (including phenoxy) is 1. The van der Waals surface area contributed by atoms with Crippen LogP contribution in [0.25, 0.3) is 0 Å². The molecular formula is C17H21FOSi. The molecule has 106 valence electrons. The van der Waals surface area contributed by atoms with Gasteiger partial charge < -0.3 is 4.74 Å². The molecule has 0 saturated heterocycles. The molecule has 20 heavy (non-hydrogen) atoms. The molecule has 1 nitrogen and oxygen atoms in total. The van der Waals surface area contributed by atoms with Gasteiger partial charge in [0.05, 0.1) is 8.07 Å². The normalized spacial score (nSPS) is 11.4. The molecule has 0 unspecified atom stereocenters. The maximum Gasteiger partial charge on any atom is 0.126 e. The van der Waals surface area contributed by atoms with E-state index in [1.165, 1.54) is 11.3 Å². The van der Waals surface area contributed by atoms with Crippen LogP contribution in [0.1, 0.15) is 11.1 Å². The van der Waals surface area contributed by atoms with Crippen LogP contribution in [0.15, 0.2) is 42.5 Å². The van der Waals surface area contributed by atoms with Gasteiger partial charge in [0.15, 0.2) is 0 Å². The van der Waals surface area contributed by atoms with Gasteiger partial charge in [-0.05, 0) is 36.2 Å². The second-order valence-corrected chi connectivity index (χ2v) is 11.2. The molecular weight excluding hydrogens is 267 g/mol. The van der Waals surface area contributed by atoms with E-state index in [1.54, 1.807) is 19.1 Å². The number of halogens is 1. The fourth-order valence-electron chi connectivity index (χ4n) is 1.97. The van der Waals surface area contributed by atoms with Gasteiger partial charge in [0, 0.05) is 0 Å². The van der Waals surface area contributed by atoms with Crippen LogP contribution in [0, 0.1) is 12.7 Å². The van der Waals surface area contributed by atoms with Gasteiger partial charge in [-0.25, -0.2) is 4.39 Å². The first-order chi connectivity index (χ1) is 9.36. The molecule has 0 aliphatic rings. The minimum atomic E-state index is -1.24. The molecule has 0 heterocycles. The van der Waals surface area contributed by atoms with Crippen LogP contribution in [-0.4, -0.2) is 8.07 Å². The lowest BCUT2D eigenvalue weighted by Gasteiger charge is -2.16. The van der Waals surface area contributed by atoms with Crippen LogP contribution >= 0.6 is 0 Å². The van der Waals surface area contributed by atoms with E-state index >= 15 is 0 Å². The molecule has 2 aromatic rings. The minimum Gasteiger partial charge on any atom is -0.489 e. The molecule has 0 fully saturated rings. The van der Waals surface area contributed by atoms with Gasteiger partial charge in [-0.2, -0.15) is 0 Å². The highest BCUT2D eigenvalue weighted by Crippen LogP contribution is 2.17. The van der Waals surface area contributed by atoms with Crippen molar-refractivity contribution in [2.45, 2.75) is 33.2 Å². The molecule has 3 heteroatoms. The maximum atomic E-state index is 13.2. The van der Waals surface area contributed by atoms with E-state index < -0.39 is 8.07 Å². The van der Waals surface area contributed by atoms with E-state index in [0.717, 1.165) is 5.56 Å². The van der Waals surface area contributed by atoms with Crippen molar-refractivity contribution in [3.8, 4) is 5.75 Å². The predicted octanol–water partition coefficient (Wildman–Crippen LogP) is 4.26. The van der Waals surface area contributed by atoms with Crippen molar-refractivity contribution in [2.75, 3.05) is 0 Å². The Morgan fingerprint density at radius 1 is 1.00 bits per heavy atom. The summed E-state index contributed by atoms with van der Waals surface area (Å²) >= 11 is 0. The Hall–Kier alpha value is -1.61. The molecule has 0 bridgehead atoms. The van der Waals surface area contributed by atoms with Crippen molar-refractivity contribution in [2.24, 2.45) is 0 Å². The third-order valence-corrected chi connectivity index (χ3v) is 5.42. The first-order valence-corrected chi connectivity index (χ1v) is 10.3. The summed E-state index contributed by atoms with van der Waals surface area (Å²) in [6.07, 6.45) is 0. The first-order valence-electron chi connectivity index (χ1n) is 6.84.